The summed E-state index contributed by atoms with van der Waals surface area (Å²) in [5.74, 6) is 1.04. The summed E-state index contributed by atoms with van der Waals surface area (Å²) in [6.07, 6.45) is 2.84. The first-order valence-electron chi connectivity index (χ1n) is 3.71. The van der Waals surface area contributed by atoms with Gasteiger partial charge in [-0.15, -0.1) is 0 Å². The van der Waals surface area contributed by atoms with Crippen molar-refractivity contribution in [3.05, 3.63) is 0 Å². The smallest absolute Gasteiger partial charge is 0.0874 e. The van der Waals surface area contributed by atoms with E-state index in [1.807, 2.05) is 0 Å². The fourth-order valence-corrected chi connectivity index (χ4v) is 2.05. The molecule has 0 amide bonds. The molecule has 0 aliphatic carbocycles. The molecule has 0 aromatic heterocycles. The van der Waals surface area contributed by atoms with E-state index in [0.29, 0.717) is 0 Å². The molecule has 62 valence electrons. The predicted octanol–water partition coefficient (Wildman–Crippen LogP) is -1.84. The molecule has 1 saturated heterocycles. The van der Waals surface area contributed by atoms with E-state index in [1.165, 1.54) is 37.0 Å². The van der Waals surface area contributed by atoms with E-state index in [4.69, 9.17) is 0 Å². The standard InChI is InChI=1S/C7H15NS.BrH/c1-8(6-7-9)4-2-3-5-8;/h2-7H2,1H3;1H. The lowest BCUT2D eigenvalue weighted by Crippen LogP contribution is -3.00. The molecule has 10 heavy (non-hydrogen) atoms. The Balaban J connectivity index is 0.000000810. The summed E-state index contributed by atoms with van der Waals surface area (Å²) in [5.41, 5.74) is 0. The average Bonchev–Trinajstić information content (AvgIpc) is 2.16. The van der Waals surface area contributed by atoms with Gasteiger partial charge in [0.05, 0.1) is 26.7 Å². The second-order valence-electron chi connectivity index (χ2n) is 3.22. The monoisotopic (exact) mass is 225 g/mol. The van der Waals surface area contributed by atoms with Gasteiger partial charge in [-0.25, -0.2) is 0 Å². The highest BCUT2D eigenvalue weighted by atomic mass is 79.9. The van der Waals surface area contributed by atoms with Crippen LogP contribution in [0.1, 0.15) is 12.8 Å². The van der Waals surface area contributed by atoms with Crippen molar-refractivity contribution >= 4 is 12.6 Å². The maximum absolute atomic E-state index is 4.23. The van der Waals surface area contributed by atoms with Gasteiger partial charge < -0.3 is 21.5 Å². The zero-order valence-electron chi connectivity index (χ0n) is 6.52. The molecule has 1 fully saturated rings. The Morgan fingerprint density at radius 2 is 1.80 bits per heavy atom. The number of halogens is 1. The molecule has 0 atom stereocenters. The number of thiol groups is 1. The summed E-state index contributed by atoms with van der Waals surface area (Å²) < 4.78 is 1.27. The van der Waals surface area contributed by atoms with Gasteiger partial charge in [-0.1, -0.05) is 0 Å². The van der Waals surface area contributed by atoms with E-state index in [0.717, 1.165) is 5.75 Å². The van der Waals surface area contributed by atoms with Crippen molar-refractivity contribution in [3.8, 4) is 0 Å². The Morgan fingerprint density at radius 3 is 2.20 bits per heavy atom. The highest BCUT2D eigenvalue weighted by Gasteiger charge is 2.24. The zero-order chi connectivity index (χ0) is 6.74. The lowest BCUT2D eigenvalue weighted by Gasteiger charge is -2.28. The van der Waals surface area contributed by atoms with Gasteiger partial charge >= 0.3 is 0 Å². The Hall–Kier alpha value is 0.790. The number of hydrogen-bond donors (Lipinski definition) is 1. The van der Waals surface area contributed by atoms with Gasteiger partial charge in [-0.3, -0.25) is 0 Å². The van der Waals surface area contributed by atoms with Crippen molar-refractivity contribution in [1.29, 1.82) is 0 Å². The summed E-state index contributed by atoms with van der Waals surface area (Å²) in [6.45, 7) is 4.00. The molecule has 1 heterocycles. The molecule has 0 unspecified atom stereocenters. The number of nitrogens with zero attached hydrogens (tertiary/aromatic N) is 1. The van der Waals surface area contributed by atoms with Crippen LogP contribution in [-0.2, 0) is 0 Å². The molecule has 0 radical (unpaired) electrons. The summed E-state index contributed by atoms with van der Waals surface area (Å²) in [4.78, 5) is 0. The lowest BCUT2D eigenvalue weighted by atomic mass is 10.4. The van der Waals surface area contributed by atoms with Gasteiger partial charge in [-0.05, 0) is 0 Å². The Labute approximate surface area is 79.6 Å². The topological polar surface area (TPSA) is 0 Å². The molecule has 1 aliphatic heterocycles. The molecule has 0 N–H and O–H groups in total. The number of likely N-dealkylation sites (tertiary alicyclic amines) is 1. The first-order chi connectivity index (χ1) is 4.27. The van der Waals surface area contributed by atoms with Gasteiger partial charge in [0.15, 0.2) is 0 Å². The molecular weight excluding hydrogens is 210 g/mol. The second kappa shape index (κ2) is 4.62. The number of quaternary nitrogens is 1. The zero-order valence-corrected chi connectivity index (χ0v) is 9.00. The molecule has 1 aliphatic rings. The number of rotatable bonds is 2. The maximum Gasteiger partial charge on any atom is 0.0874 e. The maximum atomic E-state index is 4.23. The van der Waals surface area contributed by atoms with Crippen LogP contribution in [0.2, 0.25) is 0 Å². The van der Waals surface area contributed by atoms with Crippen LogP contribution in [0.3, 0.4) is 0 Å². The fraction of sp³-hybridized carbons (Fsp3) is 1.00. The highest BCUT2D eigenvalue weighted by molar-refractivity contribution is 7.80. The minimum absolute atomic E-state index is 0. The lowest BCUT2D eigenvalue weighted by molar-refractivity contribution is -0.895. The van der Waals surface area contributed by atoms with E-state index < -0.39 is 0 Å². The molecule has 0 saturated carbocycles. The van der Waals surface area contributed by atoms with Crippen molar-refractivity contribution in [2.24, 2.45) is 0 Å². The molecule has 1 rings (SSSR count). The SMILES string of the molecule is C[N+]1(CCS)CCCC1.[Br-]. The largest absolute Gasteiger partial charge is 1.00 e. The van der Waals surface area contributed by atoms with Gasteiger partial charge in [0.25, 0.3) is 0 Å². The Bertz CT molecular complexity index is 91.6. The van der Waals surface area contributed by atoms with Gasteiger partial charge in [0.2, 0.25) is 0 Å². The minimum atomic E-state index is 0. The summed E-state index contributed by atoms with van der Waals surface area (Å²) >= 11 is 4.23. The quantitative estimate of drug-likeness (QED) is 0.415. The van der Waals surface area contributed by atoms with Crippen LogP contribution in [0.25, 0.3) is 0 Å². The van der Waals surface area contributed by atoms with E-state index in [9.17, 15) is 0 Å². The van der Waals surface area contributed by atoms with Crippen LogP contribution >= 0.6 is 12.6 Å². The van der Waals surface area contributed by atoms with Crippen molar-refractivity contribution < 1.29 is 21.5 Å². The van der Waals surface area contributed by atoms with Crippen LogP contribution in [-0.4, -0.2) is 36.9 Å². The van der Waals surface area contributed by atoms with Crippen molar-refractivity contribution in [3.63, 3.8) is 0 Å². The molecular formula is C7H16BrNS. The van der Waals surface area contributed by atoms with Crippen molar-refractivity contribution in [1.82, 2.24) is 0 Å². The summed E-state index contributed by atoms with van der Waals surface area (Å²) in [6, 6.07) is 0. The molecule has 0 aromatic carbocycles. The first-order valence-corrected chi connectivity index (χ1v) is 4.34. The van der Waals surface area contributed by atoms with Crippen LogP contribution in [0.4, 0.5) is 0 Å². The molecule has 3 heteroatoms. The summed E-state index contributed by atoms with van der Waals surface area (Å²) in [5, 5.41) is 0. The van der Waals surface area contributed by atoms with Crippen LogP contribution in [0.5, 0.6) is 0 Å². The van der Waals surface area contributed by atoms with E-state index >= 15 is 0 Å². The predicted molar refractivity (Wildman–Crippen MR) is 43.9 cm³/mol. The van der Waals surface area contributed by atoms with Gasteiger partial charge in [0, 0.05) is 18.6 Å². The minimum Gasteiger partial charge on any atom is -1.00 e. The molecule has 0 bridgehead atoms. The molecule has 0 aromatic rings. The van der Waals surface area contributed by atoms with E-state index in [2.05, 4.69) is 19.7 Å². The summed E-state index contributed by atoms with van der Waals surface area (Å²) in [7, 11) is 2.34. The fourth-order valence-electron chi connectivity index (χ4n) is 1.56. The van der Waals surface area contributed by atoms with Crippen LogP contribution in [0, 0.1) is 0 Å². The Morgan fingerprint density at radius 1 is 1.30 bits per heavy atom. The first kappa shape index (κ1) is 10.8. The third-order valence-corrected chi connectivity index (χ3v) is 2.49. The van der Waals surface area contributed by atoms with Gasteiger partial charge in [-0.2, -0.15) is 12.6 Å². The van der Waals surface area contributed by atoms with Crippen LogP contribution in [0.15, 0.2) is 0 Å². The third-order valence-electron chi connectivity index (χ3n) is 2.29. The normalized spacial score (nSPS) is 22.2. The van der Waals surface area contributed by atoms with Crippen LogP contribution < -0.4 is 17.0 Å². The van der Waals surface area contributed by atoms with E-state index in [-0.39, 0.29) is 17.0 Å². The van der Waals surface area contributed by atoms with Crippen molar-refractivity contribution in [2.45, 2.75) is 12.8 Å². The average molecular weight is 226 g/mol. The second-order valence-corrected chi connectivity index (χ2v) is 3.67. The van der Waals surface area contributed by atoms with E-state index in [1.54, 1.807) is 0 Å². The molecule has 1 nitrogen and oxygen atoms in total. The Kier molecular flexibility index (Phi) is 4.99. The molecule has 0 spiro atoms. The van der Waals surface area contributed by atoms with Gasteiger partial charge in [0.1, 0.15) is 0 Å². The number of hydrogen-bond acceptors (Lipinski definition) is 1. The highest BCUT2D eigenvalue weighted by Crippen LogP contribution is 2.15. The van der Waals surface area contributed by atoms with Crippen molar-refractivity contribution in [2.75, 3.05) is 32.4 Å². The third kappa shape index (κ3) is 2.81.